The maximum Gasteiger partial charge on any atom is 0.391 e. The molecule has 0 atom stereocenters. The van der Waals surface area contributed by atoms with Gasteiger partial charge in [0.25, 0.3) is 5.91 Å². The summed E-state index contributed by atoms with van der Waals surface area (Å²) in [5, 5.41) is 2.58. The highest BCUT2D eigenvalue weighted by Crippen LogP contribution is 2.37. The lowest BCUT2D eigenvalue weighted by atomic mass is 9.85. The fraction of sp³-hybridized carbons (Fsp3) is 0.500. The van der Waals surface area contributed by atoms with Crippen molar-refractivity contribution < 1.29 is 22.4 Å². The summed E-state index contributed by atoms with van der Waals surface area (Å²) >= 11 is 0. The molecule has 2 rings (SSSR count). The first-order valence-corrected chi connectivity index (χ1v) is 6.70. The van der Waals surface area contributed by atoms with E-state index >= 15 is 0 Å². The Morgan fingerprint density at radius 1 is 1.19 bits per heavy atom. The number of carbonyl (C=O) groups is 1. The third-order valence-corrected chi connectivity index (χ3v) is 3.76. The van der Waals surface area contributed by atoms with Crippen molar-refractivity contribution in [2.45, 2.75) is 37.9 Å². The van der Waals surface area contributed by atoms with E-state index in [1.54, 1.807) is 0 Å². The number of hydrogen-bond acceptors (Lipinski definition) is 2. The number of nitrogens with one attached hydrogen (secondary N) is 1. The van der Waals surface area contributed by atoms with Crippen molar-refractivity contribution in [2.24, 2.45) is 5.92 Å². The van der Waals surface area contributed by atoms with E-state index in [-0.39, 0.29) is 43.0 Å². The smallest absolute Gasteiger partial charge is 0.391 e. The standard InChI is InChI=1S/C14H16F4N2O/c15-12-7-9(19)3-6-11(12)13(21)20-10-4-1-8(2-5-10)14(16,17)18/h3,6-8,10H,1-2,4-5,19H2,(H,20,21). The van der Waals surface area contributed by atoms with Crippen LogP contribution in [-0.2, 0) is 0 Å². The molecule has 1 amide bonds. The van der Waals surface area contributed by atoms with Gasteiger partial charge >= 0.3 is 6.18 Å². The second-order valence-corrected chi connectivity index (χ2v) is 5.30. The van der Waals surface area contributed by atoms with E-state index < -0.39 is 23.8 Å². The minimum atomic E-state index is -4.18. The molecule has 0 radical (unpaired) electrons. The van der Waals surface area contributed by atoms with E-state index in [9.17, 15) is 22.4 Å². The van der Waals surface area contributed by atoms with Gasteiger partial charge in [0.15, 0.2) is 0 Å². The van der Waals surface area contributed by atoms with Crippen LogP contribution in [0.1, 0.15) is 36.0 Å². The van der Waals surface area contributed by atoms with Gasteiger partial charge in [-0.05, 0) is 43.9 Å². The van der Waals surface area contributed by atoms with Gasteiger partial charge in [0.05, 0.1) is 11.5 Å². The van der Waals surface area contributed by atoms with Gasteiger partial charge in [-0.1, -0.05) is 0 Å². The monoisotopic (exact) mass is 304 g/mol. The van der Waals surface area contributed by atoms with Crippen LogP contribution in [0.5, 0.6) is 0 Å². The Morgan fingerprint density at radius 2 is 1.81 bits per heavy atom. The minimum absolute atomic E-state index is 0.0152. The van der Waals surface area contributed by atoms with Gasteiger partial charge in [-0.15, -0.1) is 0 Å². The summed E-state index contributed by atoms with van der Waals surface area (Å²) in [6.07, 6.45) is -3.73. The molecule has 1 aromatic carbocycles. The van der Waals surface area contributed by atoms with Crippen LogP contribution < -0.4 is 11.1 Å². The molecule has 0 aliphatic heterocycles. The maximum atomic E-state index is 13.6. The number of amides is 1. The topological polar surface area (TPSA) is 55.1 Å². The SMILES string of the molecule is Nc1ccc(C(=O)NC2CCC(C(F)(F)F)CC2)c(F)c1. The summed E-state index contributed by atoms with van der Waals surface area (Å²) in [6, 6.07) is 3.35. The maximum absolute atomic E-state index is 13.6. The third-order valence-electron chi connectivity index (χ3n) is 3.76. The number of benzene rings is 1. The molecule has 1 saturated carbocycles. The second kappa shape index (κ2) is 5.91. The molecule has 0 saturated heterocycles. The van der Waals surface area contributed by atoms with Crippen molar-refractivity contribution in [1.29, 1.82) is 0 Å². The molecule has 0 unspecified atom stereocenters. The number of halogens is 4. The molecule has 3 nitrogen and oxygen atoms in total. The Bertz CT molecular complexity index is 522. The zero-order chi connectivity index (χ0) is 15.6. The van der Waals surface area contributed by atoms with E-state index in [0.29, 0.717) is 0 Å². The Kier molecular flexibility index (Phi) is 4.39. The molecule has 21 heavy (non-hydrogen) atoms. The van der Waals surface area contributed by atoms with Gasteiger partial charge in [0.2, 0.25) is 0 Å². The summed E-state index contributed by atoms with van der Waals surface area (Å²) < 4.78 is 51.2. The van der Waals surface area contributed by atoms with Crippen molar-refractivity contribution in [2.75, 3.05) is 5.73 Å². The lowest BCUT2D eigenvalue weighted by molar-refractivity contribution is -0.182. The van der Waals surface area contributed by atoms with Crippen LogP contribution in [0, 0.1) is 11.7 Å². The van der Waals surface area contributed by atoms with Crippen molar-refractivity contribution in [3.8, 4) is 0 Å². The predicted octanol–water partition coefficient (Wildman–Crippen LogP) is 3.26. The summed E-state index contributed by atoms with van der Waals surface area (Å²) in [4.78, 5) is 11.9. The molecule has 0 bridgehead atoms. The molecule has 1 aliphatic carbocycles. The summed E-state index contributed by atoms with van der Waals surface area (Å²) in [5.41, 5.74) is 5.44. The number of carbonyl (C=O) groups excluding carboxylic acids is 1. The molecule has 116 valence electrons. The fourth-order valence-electron chi connectivity index (χ4n) is 2.54. The fourth-order valence-corrected chi connectivity index (χ4v) is 2.54. The third kappa shape index (κ3) is 3.86. The molecular formula is C14H16F4N2O. The van der Waals surface area contributed by atoms with Crippen LogP contribution in [0.3, 0.4) is 0 Å². The average Bonchev–Trinajstić information content (AvgIpc) is 2.38. The molecular weight excluding hydrogens is 288 g/mol. The Hall–Kier alpha value is -1.79. The van der Waals surface area contributed by atoms with E-state index in [0.717, 1.165) is 6.07 Å². The van der Waals surface area contributed by atoms with E-state index in [1.807, 2.05) is 0 Å². The van der Waals surface area contributed by atoms with Crippen LogP contribution in [0.4, 0.5) is 23.2 Å². The molecule has 0 aromatic heterocycles. The van der Waals surface area contributed by atoms with E-state index in [1.165, 1.54) is 12.1 Å². The summed E-state index contributed by atoms with van der Waals surface area (Å²) in [5.74, 6) is -2.67. The Balaban J connectivity index is 1.93. The van der Waals surface area contributed by atoms with Gasteiger partial charge < -0.3 is 11.1 Å². The lowest BCUT2D eigenvalue weighted by Crippen LogP contribution is -2.40. The lowest BCUT2D eigenvalue weighted by Gasteiger charge is -2.30. The van der Waals surface area contributed by atoms with Gasteiger partial charge in [-0.2, -0.15) is 13.2 Å². The number of nitrogen functional groups attached to an aromatic ring is 1. The molecule has 3 N–H and O–H groups in total. The average molecular weight is 304 g/mol. The van der Waals surface area contributed by atoms with E-state index in [4.69, 9.17) is 5.73 Å². The largest absolute Gasteiger partial charge is 0.399 e. The van der Waals surface area contributed by atoms with Crippen LogP contribution in [-0.4, -0.2) is 18.1 Å². The normalized spacial score (nSPS) is 22.9. The highest BCUT2D eigenvalue weighted by molar-refractivity contribution is 5.95. The van der Waals surface area contributed by atoms with Crippen LogP contribution in [0.15, 0.2) is 18.2 Å². The van der Waals surface area contributed by atoms with Crippen molar-refractivity contribution in [3.63, 3.8) is 0 Å². The predicted molar refractivity (Wildman–Crippen MR) is 70.1 cm³/mol. The van der Waals surface area contributed by atoms with Gasteiger partial charge in [0.1, 0.15) is 5.82 Å². The first-order chi connectivity index (χ1) is 9.77. The Morgan fingerprint density at radius 3 is 2.33 bits per heavy atom. The molecule has 0 spiro atoms. The summed E-state index contributed by atoms with van der Waals surface area (Å²) in [7, 11) is 0. The highest BCUT2D eigenvalue weighted by Gasteiger charge is 2.41. The number of nitrogens with two attached hydrogens (primary N) is 1. The van der Waals surface area contributed by atoms with Crippen molar-refractivity contribution in [3.05, 3.63) is 29.6 Å². The highest BCUT2D eigenvalue weighted by atomic mass is 19.4. The molecule has 0 heterocycles. The zero-order valence-electron chi connectivity index (χ0n) is 11.2. The van der Waals surface area contributed by atoms with Crippen molar-refractivity contribution >= 4 is 11.6 Å². The van der Waals surface area contributed by atoms with Crippen LogP contribution in [0.25, 0.3) is 0 Å². The number of hydrogen-bond donors (Lipinski definition) is 2. The van der Waals surface area contributed by atoms with Gasteiger partial charge in [0, 0.05) is 11.7 Å². The Labute approximate surface area is 119 Å². The molecule has 1 fully saturated rings. The first kappa shape index (κ1) is 15.6. The molecule has 7 heteroatoms. The zero-order valence-corrected chi connectivity index (χ0v) is 11.2. The van der Waals surface area contributed by atoms with Gasteiger partial charge in [-0.25, -0.2) is 4.39 Å². The van der Waals surface area contributed by atoms with Crippen LogP contribution >= 0.6 is 0 Å². The minimum Gasteiger partial charge on any atom is -0.399 e. The van der Waals surface area contributed by atoms with Gasteiger partial charge in [-0.3, -0.25) is 4.79 Å². The first-order valence-electron chi connectivity index (χ1n) is 6.70. The quantitative estimate of drug-likeness (QED) is 0.651. The van der Waals surface area contributed by atoms with Crippen LogP contribution in [0.2, 0.25) is 0 Å². The molecule has 1 aromatic rings. The number of rotatable bonds is 2. The number of alkyl halides is 3. The summed E-state index contributed by atoms with van der Waals surface area (Å²) in [6.45, 7) is 0. The second-order valence-electron chi connectivity index (χ2n) is 5.30. The van der Waals surface area contributed by atoms with Crippen molar-refractivity contribution in [1.82, 2.24) is 5.32 Å². The van der Waals surface area contributed by atoms with E-state index in [2.05, 4.69) is 5.32 Å². The molecule has 1 aliphatic rings. The number of anilines is 1.